The van der Waals surface area contributed by atoms with Gasteiger partial charge in [-0.2, -0.15) is 4.39 Å². The normalized spacial score (nSPS) is 11.0. The van der Waals surface area contributed by atoms with Crippen molar-refractivity contribution in [2.24, 2.45) is 5.73 Å². The van der Waals surface area contributed by atoms with Gasteiger partial charge in [0.15, 0.2) is 0 Å². The van der Waals surface area contributed by atoms with Crippen molar-refractivity contribution < 1.29 is 32.2 Å². The lowest BCUT2D eigenvalue weighted by Crippen LogP contribution is -2.09. The molecule has 0 saturated heterocycles. The fourth-order valence-corrected chi connectivity index (χ4v) is 3.88. The van der Waals surface area contributed by atoms with Crippen LogP contribution in [0.5, 0.6) is 11.5 Å². The summed E-state index contributed by atoms with van der Waals surface area (Å²) < 4.78 is 50.7. The van der Waals surface area contributed by atoms with E-state index in [1.807, 2.05) is 0 Å². The highest BCUT2D eigenvalue weighted by Crippen LogP contribution is 2.35. The Bertz CT molecular complexity index is 1370. The topological polar surface area (TPSA) is 83.9 Å². The Labute approximate surface area is 201 Å². The third-order valence-electron chi connectivity index (χ3n) is 5.54. The minimum absolute atomic E-state index is 0.0250. The molecule has 3 aromatic carbocycles. The largest absolute Gasteiger partial charge is 0.497 e. The highest BCUT2D eigenvalue weighted by Gasteiger charge is 2.18. The molecule has 0 aliphatic heterocycles. The van der Waals surface area contributed by atoms with E-state index in [-0.39, 0.29) is 43.3 Å². The molecule has 4 rings (SSSR count). The predicted octanol–water partition coefficient (Wildman–Crippen LogP) is 5.53. The first-order valence-corrected chi connectivity index (χ1v) is 11.1. The Hall–Kier alpha value is -3.91. The van der Waals surface area contributed by atoms with Gasteiger partial charge in [-0.05, 0) is 30.7 Å². The summed E-state index contributed by atoms with van der Waals surface area (Å²) in [5, 5.41) is 0.466. The van der Waals surface area contributed by atoms with Gasteiger partial charge in [0.05, 0.1) is 20.1 Å². The maximum Gasteiger partial charge on any atom is 0.310 e. The van der Waals surface area contributed by atoms with Crippen LogP contribution in [-0.4, -0.2) is 19.7 Å². The molecule has 0 radical (unpaired) electrons. The molecule has 0 fully saturated rings. The quantitative estimate of drug-likeness (QED) is 0.317. The zero-order chi connectivity index (χ0) is 24.9. The fraction of sp³-hybridized carbons (Fsp3) is 0.222. The smallest absolute Gasteiger partial charge is 0.310 e. The van der Waals surface area contributed by atoms with Crippen molar-refractivity contribution >= 4 is 16.9 Å². The van der Waals surface area contributed by atoms with E-state index in [4.69, 9.17) is 24.4 Å². The molecule has 0 atom stereocenters. The number of hydrogen-bond donors (Lipinski definition) is 1. The molecule has 35 heavy (non-hydrogen) atoms. The molecular formula is C27H25F2NO5. The third kappa shape index (κ3) is 5.27. The zero-order valence-electron chi connectivity index (χ0n) is 19.4. The number of esters is 1. The summed E-state index contributed by atoms with van der Waals surface area (Å²) in [5.74, 6) is 0.126. The van der Waals surface area contributed by atoms with Gasteiger partial charge in [-0.3, -0.25) is 4.79 Å². The van der Waals surface area contributed by atoms with E-state index in [0.29, 0.717) is 39.1 Å². The second-order valence-corrected chi connectivity index (χ2v) is 7.84. The molecule has 0 spiro atoms. The van der Waals surface area contributed by atoms with Crippen molar-refractivity contribution in [3.8, 4) is 22.6 Å². The summed E-state index contributed by atoms with van der Waals surface area (Å²) in [7, 11) is 1.53. The van der Waals surface area contributed by atoms with Gasteiger partial charge in [0.1, 0.15) is 29.5 Å². The number of ether oxygens (including phenoxy) is 3. The van der Waals surface area contributed by atoms with Crippen molar-refractivity contribution in [2.45, 2.75) is 26.5 Å². The predicted molar refractivity (Wildman–Crippen MR) is 127 cm³/mol. The Balaban J connectivity index is 1.70. The number of methoxy groups -OCH3 is 1. The lowest BCUT2D eigenvalue weighted by Gasteiger charge is -2.14. The Morgan fingerprint density at radius 3 is 2.60 bits per heavy atom. The van der Waals surface area contributed by atoms with Crippen LogP contribution >= 0.6 is 0 Å². The number of carbonyl (C=O) groups is 1. The van der Waals surface area contributed by atoms with Crippen molar-refractivity contribution in [2.75, 3.05) is 13.7 Å². The third-order valence-corrected chi connectivity index (χ3v) is 5.54. The van der Waals surface area contributed by atoms with Crippen molar-refractivity contribution in [3.63, 3.8) is 0 Å². The number of halogens is 2. The molecule has 2 N–H and O–H groups in total. The van der Waals surface area contributed by atoms with Gasteiger partial charge in [-0.25, -0.2) is 4.39 Å². The molecule has 0 unspecified atom stereocenters. The SMILES string of the molecule is CCOC(=O)Cc1ccc(OC)cc1OCc1cc(-c2cccc(CN)c2F)c2oc(F)cc2c1. The fourth-order valence-electron chi connectivity index (χ4n) is 3.88. The van der Waals surface area contributed by atoms with E-state index in [9.17, 15) is 9.18 Å². The molecule has 182 valence electrons. The lowest BCUT2D eigenvalue weighted by atomic mass is 9.98. The molecule has 8 heteroatoms. The van der Waals surface area contributed by atoms with Crippen molar-refractivity contribution in [3.05, 3.63) is 83.1 Å². The first kappa shape index (κ1) is 24.2. The number of carbonyl (C=O) groups excluding carboxylic acids is 1. The molecule has 1 aromatic heterocycles. The number of benzene rings is 3. The van der Waals surface area contributed by atoms with Crippen LogP contribution in [0.1, 0.15) is 23.6 Å². The number of nitrogens with two attached hydrogens (primary N) is 1. The maximum absolute atomic E-state index is 15.1. The summed E-state index contributed by atoms with van der Waals surface area (Å²) in [6, 6.07) is 13.9. The second kappa shape index (κ2) is 10.6. The van der Waals surface area contributed by atoms with Crippen molar-refractivity contribution in [1.82, 2.24) is 0 Å². The monoisotopic (exact) mass is 481 g/mol. The number of hydrogen-bond acceptors (Lipinski definition) is 6. The molecule has 6 nitrogen and oxygen atoms in total. The number of rotatable bonds is 9. The molecule has 4 aromatic rings. The van der Waals surface area contributed by atoms with E-state index in [1.165, 1.54) is 13.2 Å². The molecule has 0 saturated carbocycles. The Morgan fingerprint density at radius 1 is 1.03 bits per heavy atom. The Morgan fingerprint density at radius 2 is 1.86 bits per heavy atom. The number of furan rings is 1. The highest BCUT2D eigenvalue weighted by molar-refractivity contribution is 5.93. The summed E-state index contributed by atoms with van der Waals surface area (Å²) in [6.07, 6.45) is 0.0293. The van der Waals surface area contributed by atoms with Crippen LogP contribution in [0.25, 0.3) is 22.1 Å². The maximum atomic E-state index is 15.1. The van der Waals surface area contributed by atoms with E-state index in [2.05, 4.69) is 0 Å². The molecule has 0 aliphatic rings. The Kier molecular flexibility index (Phi) is 7.31. The summed E-state index contributed by atoms with van der Waals surface area (Å²) in [6.45, 7) is 2.10. The second-order valence-electron chi connectivity index (χ2n) is 7.84. The average Bonchev–Trinajstić information content (AvgIpc) is 3.23. The molecule has 0 amide bonds. The van der Waals surface area contributed by atoms with Gasteiger partial charge in [0.25, 0.3) is 6.01 Å². The van der Waals surface area contributed by atoms with E-state index >= 15 is 4.39 Å². The summed E-state index contributed by atoms with van der Waals surface area (Å²) in [4.78, 5) is 12.0. The first-order valence-electron chi connectivity index (χ1n) is 11.1. The minimum atomic E-state index is -0.778. The van der Waals surface area contributed by atoms with Crippen LogP contribution in [0.3, 0.4) is 0 Å². The van der Waals surface area contributed by atoms with E-state index < -0.39 is 11.8 Å². The van der Waals surface area contributed by atoms with Gasteiger partial charge in [-0.1, -0.05) is 24.3 Å². The number of fused-ring (bicyclic) bond motifs is 1. The zero-order valence-corrected chi connectivity index (χ0v) is 19.4. The highest BCUT2D eigenvalue weighted by atomic mass is 19.1. The van der Waals surface area contributed by atoms with E-state index in [1.54, 1.807) is 55.5 Å². The van der Waals surface area contributed by atoms with Crippen molar-refractivity contribution in [1.29, 1.82) is 0 Å². The van der Waals surface area contributed by atoms with Crippen LogP contribution in [0, 0.1) is 11.8 Å². The lowest BCUT2D eigenvalue weighted by molar-refractivity contribution is -0.142. The van der Waals surface area contributed by atoms with Crippen LogP contribution in [-0.2, 0) is 29.1 Å². The molecule has 0 aliphatic carbocycles. The average molecular weight is 481 g/mol. The first-order chi connectivity index (χ1) is 16.9. The van der Waals surface area contributed by atoms with E-state index in [0.717, 1.165) is 0 Å². The van der Waals surface area contributed by atoms with Crippen LogP contribution in [0.2, 0.25) is 0 Å². The molecule has 1 heterocycles. The molecule has 0 bridgehead atoms. The standard InChI is InChI=1S/C27H25F2NO5/c1-3-33-25(31)12-17-7-8-20(32-2)13-23(17)34-15-16-9-19-11-24(28)35-27(19)22(10-16)21-6-4-5-18(14-30)26(21)29/h4-11,13H,3,12,14-15,30H2,1-2H3. The summed E-state index contributed by atoms with van der Waals surface area (Å²) in [5.41, 5.74) is 8.13. The molecular weight excluding hydrogens is 456 g/mol. The van der Waals surface area contributed by atoms with Gasteiger partial charge in [0.2, 0.25) is 0 Å². The van der Waals surface area contributed by atoms with Crippen LogP contribution in [0.15, 0.2) is 59.0 Å². The summed E-state index contributed by atoms with van der Waals surface area (Å²) >= 11 is 0. The van der Waals surface area contributed by atoms with Gasteiger partial charge in [0, 0.05) is 46.3 Å². The van der Waals surface area contributed by atoms with Gasteiger partial charge >= 0.3 is 5.97 Å². The van der Waals surface area contributed by atoms with Crippen LogP contribution in [0.4, 0.5) is 8.78 Å². The minimum Gasteiger partial charge on any atom is -0.497 e. The van der Waals surface area contributed by atoms with Crippen LogP contribution < -0.4 is 15.2 Å². The van der Waals surface area contributed by atoms with Gasteiger partial charge < -0.3 is 24.4 Å². The van der Waals surface area contributed by atoms with Gasteiger partial charge in [-0.15, -0.1) is 0 Å².